The lowest BCUT2D eigenvalue weighted by atomic mass is 10.3. The SMILES string of the molecule is NC=CC=Nc1ccc(S(=O)(=O)Cl)cc1. The van der Waals surface area contributed by atoms with Crippen molar-refractivity contribution in [3.8, 4) is 0 Å². The number of nitrogens with zero attached hydrogens (tertiary/aromatic N) is 1. The van der Waals surface area contributed by atoms with Crippen LogP contribution in [0.4, 0.5) is 5.69 Å². The summed E-state index contributed by atoms with van der Waals surface area (Å²) in [5, 5.41) is 0. The van der Waals surface area contributed by atoms with Gasteiger partial charge in [0.2, 0.25) is 0 Å². The van der Waals surface area contributed by atoms with E-state index in [0.717, 1.165) is 0 Å². The van der Waals surface area contributed by atoms with Crippen molar-refractivity contribution in [2.45, 2.75) is 4.90 Å². The highest BCUT2D eigenvalue weighted by Gasteiger charge is 2.08. The first kappa shape index (κ1) is 11.7. The Bertz CT molecular complexity index is 477. The maximum atomic E-state index is 10.9. The number of halogens is 1. The summed E-state index contributed by atoms with van der Waals surface area (Å²) in [5.41, 5.74) is 5.73. The highest BCUT2D eigenvalue weighted by molar-refractivity contribution is 8.13. The molecule has 80 valence electrons. The fourth-order valence-electron chi connectivity index (χ4n) is 0.874. The van der Waals surface area contributed by atoms with E-state index in [9.17, 15) is 8.42 Å². The van der Waals surface area contributed by atoms with Gasteiger partial charge in [0, 0.05) is 16.9 Å². The van der Waals surface area contributed by atoms with E-state index in [4.69, 9.17) is 16.4 Å². The third-order valence-corrected chi connectivity index (χ3v) is 2.91. The Balaban J connectivity index is 2.91. The molecular formula is C9H9ClN2O2S. The van der Waals surface area contributed by atoms with Crippen molar-refractivity contribution in [2.75, 3.05) is 0 Å². The zero-order valence-corrected chi connectivity index (χ0v) is 9.24. The lowest BCUT2D eigenvalue weighted by Crippen LogP contribution is -1.88. The molecule has 0 spiro atoms. The average molecular weight is 245 g/mol. The predicted octanol–water partition coefficient (Wildman–Crippen LogP) is 1.79. The summed E-state index contributed by atoms with van der Waals surface area (Å²) in [6.07, 6.45) is 4.41. The second kappa shape index (κ2) is 4.95. The third kappa shape index (κ3) is 3.73. The van der Waals surface area contributed by atoms with E-state index in [0.29, 0.717) is 5.69 Å². The summed E-state index contributed by atoms with van der Waals surface area (Å²) in [6.45, 7) is 0. The Morgan fingerprint density at radius 2 is 1.87 bits per heavy atom. The van der Waals surface area contributed by atoms with E-state index in [-0.39, 0.29) is 4.90 Å². The van der Waals surface area contributed by atoms with Crippen molar-refractivity contribution in [1.29, 1.82) is 0 Å². The Morgan fingerprint density at radius 1 is 1.27 bits per heavy atom. The van der Waals surface area contributed by atoms with Crippen molar-refractivity contribution < 1.29 is 8.42 Å². The molecule has 4 nitrogen and oxygen atoms in total. The third-order valence-electron chi connectivity index (χ3n) is 1.54. The Labute approximate surface area is 92.5 Å². The summed E-state index contributed by atoms with van der Waals surface area (Å²) in [4.78, 5) is 4.04. The van der Waals surface area contributed by atoms with Gasteiger partial charge in [-0.15, -0.1) is 0 Å². The largest absolute Gasteiger partial charge is 0.405 e. The quantitative estimate of drug-likeness (QED) is 0.651. The molecule has 2 N–H and O–H groups in total. The van der Waals surface area contributed by atoms with Gasteiger partial charge in [0.1, 0.15) is 0 Å². The minimum atomic E-state index is -3.66. The maximum Gasteiger partial charge on any atom is 0.261 e. The summed E-state index contributed by atoms with van der Waals surface area (Å²) < 4.78 is 21.8. The van der Waals surface area contributed by atoms with E-state index in [2.05, 4.69) is 4.99 Å². The Morgan fingerprint density at radius 3 is 2.33 bits per heavy atom. The molecule has 6 heteroatoms. The maximum absolute atomic E-state index is 10.9. The predicted molar refractivity (Wildman–Crippen MR) is 61.0 cm³/mol. The molecule has 15 heavy (non-hydrogen) atoms. The molecule has 1 rings (SSSR count). The van der Waals surface area contributed by atoms with E-state index >= 15 is 0 Å². The van der Waals surface area contributed by atoms with Crippen LogP contribution < -0.4 is 5.73 Å². The fourth-order valence-corrected chi connectivity index (χ4v) is 1.64. The van der Waals surface area contributed by atoms with Gasteiger partial charge in [-0.1, -0.05) is 0 Å². The number of hydrogen-bond acceptors (Lipinski definition) is 4. The van der Waals surface area contributed by atoms with E-state index < -0.39 is 9.05 Å². The summed E-state index contributed by atoms with van der Waals surface area (Å²) >= 11 is 0. The minimum absolute atomic E-state index is 0.0532. The number of nitrogens with two attached hydrogens (primary N) is 1. The van der Waals surface area contributed by atoms with Crippen LogP contribution in [-0.4, -0.2) is 14.6 Å². The van der Waals surface area contributed by atoms with Gasteiger partial charge in [0.25, 0.3) is 9.05 Å². The van der Waals surface area contributed by atoms with Crippen molar-refractivity contribution in [3.63, 3.8) is 0 Å². The summed E-state index contributed by atoms with van der Waals surface area (Å²) in [6, 6.07) is 5.88. The molecular weight excluding hydrogens is 236 g/mol. The first-order valence-electron chi connectivity index (χ1n) is 3.99. The Hall–Kier alpha value is -1.33. The molecule has 1 aromatic rings. The van der Waals surface area contributed by atoms with Crippen LogP contribution >= 0.6 is 10.7 Å². The highest BCUT2D eigenvalue weighted by atomic mass is 35.7. The van der Waals surface area contributed by atoms with Crippen molar-refractivity contribution in [2.24, 2.45) is 10.7 Å². The molecule has 0 heterocycles. The number of hydrogen-bond donors (Lipinski definition) is 1. The van der Waals surface area contributed by atoms with Crippen molar-refractivity contribution >= 4 is 31.6 Å². The monoisotopic (exact) mass is 244 g/mol. The molecule has 0 aromatic heterocycles. The molecule has 0 radical (unpaired) electrons. The highest BCUT2D eigenvalue weighted by Crippen LogP contribution is 2.18. The fraction of sp³-hybridized carbons (Fsp3) is 0. The average Bonchev–Trinajstić information content (AvgIpc) is 2.18. The molecule has 0 bridgehead atoms. The van der Waals surface area contributed by atoms with Gasteiger partial charge in [-0.3, -0.25) is 4.99 Å². The summed E-state index contributed by atoms with van der Waals surface area (Å²) in [7, 11) is 1.49. The molecule has 0 saturated heterocycles. The molecule has 0 atom stereocenters. The van der Waals surface area contributed by atoms with E-state index in [1.165, 1.54) is 24.5 Å². The summed E-state index contributed by atoms with van der Waals surface area (Å²) in [5.74, 6) is 0. The molecule has 0 fully saturated rings. The molecule has 0 aliphatic heterocycles. The van der Waals surface area contributed by atoms with Gasteiger partial charge in [0.15, 0.2) is 0 Å². The second-order valence-electron chi connectivity index (χ2n) is 2.59. The lowest BCUT2D eigenvalue weighted by Gasteiger charge is -1.95. The van der Waals surface area contributed by atoms with Crippen LogP contribution in [0.25, 0.3) is 0 Å². The van der Waals surface area contributed by atoms with Crippen LogP contribution in [-0.2, 0) is 9.05 Å². The van der Waals surface area contributed by atoms with Crippen molar-refractivity contribution in [3.05, 3.63) is 36.5 Å². The number of aliphatic imine (C=N–C) groups is 1. The van der Waals surface area contributed by atoms with Crippen molar-refractivity contribution in [1.82, 2.24) is 0 Å². The van der Waals surface area contributed by atoms with Gasteiger partial charge in [-0.2, -0.15) is 0 Å². The van der Waals surface area contributed by atoms with Crippen LogP contribution in [0.5, 0.6) is 0 Å². The molecule has 0 aliphatic carbocycles. The van der Waals surface area contributed by atoms with E-state index in [1.807, 2.05) is 0 Å². The van der Waals surface area contributed by atoms with Gasteiger partial charge in [-0.05, 0) is 36.5 Å². The van der Waals surface area contributed by atoms with Crippen LogP contribution in [0, 0.1) is 0 Å². The van der Waals surface area contributed by atoms with Gasteiger partial charge < -0.3 is 5.73 Å². The molecule has 0 unspecified atom stereocenters. The lowest BCUT2D eigenvalue weighted by molar-refractivity contribution is 0.609. The molecule has 0 amide bonds. The molecule has 0 saturated carbocycles. The molecule has 1 aromatic carbocycles. The molecule has 0 aliphatic rings. The first-order chi connectivity index (χ1) is 7.04. The zero-order valence-electron chi connectivity index (χ0n) is 7.67. The Kier molecular flexibility index (Phi) is 3.88. The van der Waals surface area contributed by atoms with Gasteiger partial charge in [0.05, 0.1) is 10.6 Å². The van der Waals surface area contributed by atoms with Crippen LogP contribution in [0.1, 0.15) is 0 Å². The van der Waals surface area contributed by atoms with Gasteiger partial charge in [-0.25, -0.2) is 8.42 Å². The topological polar surface area (TPSA) is 72.5 Å². The van der Waals surface area contributed by atoms with Gasteiger partial charge >= 0.3 is 0 Å². The minimum Gasteiger partial charge on any atom is -0.405 e. The number of rotatable bonds is 3. The van der Waals surface area contributed by atoms with Crippen LogP contribution in [0.15, 0.2) is 46.4 Å². The number of allylic oxidation sites excluding steroid dienone is 1. The normalized spacial score (nSPS) is 12.6. The number of benzene rings is 1. The smallest absolute Gasteiger partial charge is 0.261 e. The van der Waals surface area contributed by atoms with E-state index in [1.54, 1.807) is 18.2 Å². The standard InChI is InChI=1S/C9H9ClN2O2S/c10-15(13,14)9-4-2-8(3-5-9)12-7-1-6-11/h1-7H,11H2. The van der Waals surface area contributed by atoms with Crippen LogP contribution in [0.2, 0.25) is 0 Å². The van der Waals surface area contributed by atoms with Crippen LogP contribution in [0.3, 0.4) is 0 Å². The zero-order chi connectivity index (χ0) is 11.3. The first-order valence-corrected chi connectivity index (χ1v) is 6.30. The second-order valence-corrected chi connectivity index (χ2v) is 5.16.